The maximum absolute atomic E-state index is 12.0. The molecule has 0 spiro atoms. The van der Waals surface area contributed by atoms with Gasteiger partial charge in [0.2, 0.25) is 0 Å². The summed E-state index contributed by atoms with van der Waals surface area (Å²) >= 11 is 0. The average molecular weight is 361 g/mol. The molecule has 2 N–H and O–H groups in total. The van der Waals surface area contributed by atoms with Crippen LogP contribution in [0.1, 0.15) is 24.8 Å². The van der Waals surface area contributed by atoms with Gasteiger partial charge in [-0.3, -0.25) is 4.90 Å². The van der Waals surface area contributed by atoms with Gasteiger partial charge in [-0.15, -0.1) is 0 Å². The van der Waals surface area contributed by atoms with Crippen molar-refractivity contribution in [1.82, 2.24) is 15.5 Å². The number of amides is 2. The molecule has 1 aromatic rings. The lowest BCUT2D eigenvalue weighted by molar-refractivity contribution is 0.110. The van der Waals surface area contributed by atoms with Crippen LogP contribution in [0.15, 0.2) is 24.3 Å². The van der Waals surface area contributed by atoms with Gasteiger partial charge in [-0.05, 0) is 62.4 Å². The van der Waals surface area contributed by atoms with Gasteiger partial charge in [0.1, 0.15) is 5.75 Å². The van der Waals surface area contributed by atoms with Gasteiger partial charge < -0.3 is 20.1 Å². The van der Waals surface area contributed by atoms with Gasteiger partial charge >= 0.3 is 6.03 Å². The van der Waals surface area contributed by atoms with Crippen molar-refractivity contribution < 1.29 is 14.3 Å². The first-order chi connectivity index (χ1) is 12.7. The van der Waals surface area contributed by atoms with Crippen LogP contribution in [0.2, 0.25) is 0 Å². The summed E-state index contributed by atoms with van der Waals surface area (Å²) in [5, 5.41) is 5.97. The Bertz CT molecular complexity index is 550. The Labute approximate surface area is 156 Å². The number of rotatable bonds is 7. The second-order valence-electron chi connectivity index (χ2n) is 7.23. The molecule has 2 aliphatic rings. The molecule has 0 saturated carbocycles. The maximum Gasteiger partial charge on any atom is 0.314 e. The number of ether oxygens (including phenoxy) is 2. The molecule has 0 aromatic heterocycles. The summed E-state index contributed by atoms with van der Waals surface area (Å²) in [7, 11) is 1.66. The molecular weight excluding hydrogens is 330 g/mol. The molecule has 2 amide bonds. The predicted molar refractivity (Wildman–Crippen MR) is 102 cm³/mol. The smallest absolute Gasteiger partial charge is 0.314 e. The summed E-state index contributed by atoms with van der Waals surface area (Å²) < 4.78 is 10.6. The number of urea groups is 1. The van der Waals surface area contributed by atoms with Crippen molar-refractivity contribution in [2.45, 2.75) is 31.7 Å². The predicted octanol–water partition coefficient (Wildman–Crippen LogP) is 2.04. The number of piperidine rings is 1. The minimum Gasteiger partial charge on any atom is -0.497 e. The van der Waals surface area contributed by atoms with Crippen molar-refractivity contribution in [3.8, 4) is 5.75 Å². The minimum absolute atomic E-state index is 0.0647. The van der Waals surface area contributed by atoms with Gasteiger partial charge in [-0.2, -0.15) is 0 Å². The molecule has 0 radical (unpaired) electrons. The molecule has 3 rings (SSSR count). The normalized spacial score (nSPS) is 21.5. The molecule has 2 saturated heterocycles. The van der Waals surface area contributed by atoms with Gasteiger partial charge in [0.15, 0.2) is 0 Å². The monoisotopic (exact) mass is 361 g/mol. The zero-order valence-electron chi connectivity index (χ0n) is 15.7. The Kier molecular flexibility index (Phi) is 7.14. The Morgan fingerprint density at radius 3 is 2.62 bits per heavy atom. The van der Waals surface area contributed by atoms with Crippen molar-refractivity contribution >= 4 is 6.03 Å². The SMILES string of the molecule is COc1ccc(CCNC(=O)NCC2CCN(C3CCOC3)CC2)cc1. The van der Waals surface area contributed by atoms with Gasteiger partial charge in [0, 0.05) is 25.7 Å². The Hall–Kier alpha value is -1.79. The van der Waals surface area contributed by atoms with Crippen molar-refractivity contribution in [1.29, 1.82) is 0 Å². The number of nitrogens with zero attached hydrogens (tertiary/aromatic N) is 1. The van der Waals surface area contributed by atoms with Crippen LogP contribution in [-0.2, 0) is 11.2 Å². The number of nitrogens with one attached hydrogen (secondary N) is 2. The van der Waals surface area contributed by atoms with Crippen LogP contribution < -0.4 is 15.4 Å². The Morgan fingerprint density at radius 1 is 1.19 bits per heavy atom. The van der Waals surface area contributed by atoms with E-state index in [0.29, 0.717) is 18.5 Å². The van der Waals surface area contributed by atoms with Crippen molar-refractivity contribution in [3.63, 3.8) is 0 Å². The largest absolute Gasteiger partial charge is 0.497 e. The second kappa shape index (κ2) is 9.78. The van der Waals surface area contributed by atoms with Crippen LogP contribution in [0.5, 0.6) is 5.75 Å². The molecule has 2 heterocycles. The number of carbonyl (C=O) groups excluding carboxylic acids is 1. The summed E-state index contributed by atoms with van der Waals surface area (Å²) in [6, 6.07) is 8.50. The molecule has 1 aromatic carbocycles. The van der Waals surface area contributed by atoms with Gasteiger partial charge in [-0.25, -0.2) is 4.79 Å². The lowest BCUT2D eigenvalue weighted by atomic mass is 9.95. The van der Waals surface area contributed by atoms with E-state index in [-0.39, 0.29) is 6.03 Å². The molecule has 2 aliphatic heterocycles. The summed E-state index contributed by atoms with van der Waals surface area (Å²) in [5.41, 5.74) is 1.19. The van der Waals surface area contributed by atoms with Gasteiger partial charge in [-0.1, -0.05) is 12.1 Å². The lowest BCUT2D eigenvalue weighted by Gasteiger charge is -2.35. The van der Waals surface area contributed by atoms with E-state index in [4.69, 9.17) is 9.47 Å². The molecule has 2 fully saturated rings. The van der Waals surface area contributed by atoms with E-state index in [1.807, 2.05) is 24.3 Å². The highest BCUT2D eigenvalue weighted by molar-refractivity contribution is 5.73. The number of likely N-dealkylation sites (tertiary alicyclic amines) is 1. The van der Waals surface area contributed by atoms with Crippen molar-refractivity contribution in [3.05, 3.63) is 29.8 Å². The number of hydrogen-bond donors (Lipinski definition) is 2. The van der Waals surface area contributed by atoms with Crippen LogP contribution in [0.25, 0.3) is 0 Å². The van der Waals surface area contributed by atoms with E-state index in [1.165, 1.54) is 12.0 Å². The zero-order valence-corrected chi connectivity index (χ0v) is 15.7. The second-order valence-corrected chi connectivity index (χ2v) is 7.23. The van der Waals surface area contributed by atoms with E-state index < -0.39 is 0 Å². The minimum atomic E-state index is -0.0647. The third-order valence-electron chi connectivity index (χ3n) is 5.48. The molecule has 0 aliphatic carbocycles. The molecule has 6 heteroatoms. The van der Waals surface area contributed by atoms with Crippen LogP contribution in [-0.4, -0.2) is 63.5 Å². The first-order valence-corrected chi connectivity index (χ1v) is 9.71. The summed E-state index contributed by atoms with van der Waals surface area (Å²) in [6.07, 6.45) is 4.30. The summed E-state index contributed by atoms with van der Waals surface area (Å²) in [4.78, 5) is 14.5. The highest BCUT2D eigenvalue weighted by Gasteiger charge is 2.27. The highest BCUT2D eigenvalue weighted by atomic mass is 16.5. The fraction of sp³-hybridized carbons (Fsp3) is 0.650. The molecular formula is C20H31N3O3. The molecule has 6 nitrogen and oxygen atoms in total. The third kappa shape index (κ3) is 5.61. The topological polar surface area (TPSA) is 62.8 Å². The van der Waals surface area contributed by atoms with E-state index >= 15 is 0 Å². The van der Waals surface area contributed by atoms with Crippen LogP contribution >= 0.6 is 0 Å². The van der Waals surface area contributed by atoms with Crippen LogP contribution in [0.4, 0.5) is 4.79 Å². The van der Waals surface area contributed by atoms with E-state index in [2.05, 4.69) is 15.5 Å². The quantitative estimate of drug-likeness (QED) is 0.780. The number of carbonyl (C=O) groups is 1. The van der Waals surface area contributed by atoms with Gasteiger partial charge in [0.25, 0.3) is 0 Å². The van der Waals surface area contributed by atoms with Gasteiger partial charge in [0.05, 0.1) is 13.7 Å². The number of methoxy groups -OCH3 is 1. The maximum atomic E-state index is 12.0. The first kappa shape index (κ1) is 19.0. The lowest BCUT2D eigenvalue weighted by Crippen LogP contribution is -2.45. The molecule has 144 valence electrons. The molecule has 26 heavy (non-hydrogen) atoms. The fourth-order valence-corrected chi connectivity index (χ4v) is 3.74. The molecule has 0 bridgehead atoms. The first-order valence-electron chi connectivity index (χ1n) is 9.71. The average Bonchev–Trinajstić information content (AvgIpc) is 3.22. The van der Waals surface area contributed by atoms with E-state index in [9.17, 15) is 4.79 Å². The number of benzene rings is 1. The standard InChI is InChI=1S/C20H31N3O3/c1-25-19-4-2-16(3-5-19)6-10-21-20(24)22-14-17-7-11-23(12-8-17)18-9-13-26-15-18/h2-5,17-18H,6-15H2,1H3,(H2,21,22,24). The van der Waals surface area contributed by atoms with Crippen LogP contribution in [0.3, 0.4) is 0 Å². The summed E-state index contributed by atoms with van der Waals surface area (Å²) in [6.45, 7) is 5.45. The van der Waals surface area contributed by atoms with E-state index in [1.54, 1.807) is 7.11 Å². The Morgan fingerprint density at radius 2 is 1.96 bits per heavy atom. The summed E-state index contributed by atoms with van der Waals surface area (Å²) in [5.74, 6) is 1.44. The number of hydrogen-bond acceptors (Lipinski definition) is 4. The van der Waals surface area contributed by atoms with Crippen LogP contribution in [0, 0.1) is 5.92 Å². The van der Waals surface area contributed by atoms with Crippen molar-refractivity contribution in [2.75, 3.05) is 46.5 Å². The fourth-order valence-electron chi connectivity index (χ4n) is 3.74. The molecule has 1 unspecified atom stereocenters. The Balaban J connectivity index is 1.27. The van der Waals surface area contributed by atoms with Crippen molar-refractivity contribution in [2.24, 2.45) is 5.92 Å². The third-order valence-corrected chi connectivity index (χ3v) is 5.48. The highest BCUT2D eigenvalue weighted by Crippen LogP contribution is 2.21. The van der Waals surface area contributed by atoms with E-state index in [0.717, 1.165) is 57.9 Å². The molecule has 1 atom stereocenters. The zero-order chi connectivity index (χ0) is 18.2.